The van der Waals surface area contributed by atoms with Gasteiger partial charge in [-0.15, -0.1) is 0 Å². The fraction of sp³-hybridized carbons (Fsp3) is 0.500. The molecular formula is C12H15NO12S. The van der Waals surface area contributed by atoms with Gasteiger partial charge in [0.2, 0.25) is 0 Å². The fourth-order valence-electron chi connectivity index (χ4n) is 1.36. The van der Waals surface area contributed by atoms with Gasteiger partial charge < -0.3 is 19.7 Å². The SMILES string of the molecule is N=C(CC(C(=O)OC(=O)CCC(=O)O)S(=O)(=O)O)OC(=O)CCC(=O)O. The summed E-state index contributed by atoms with van der Waals surface area (Å²) in [6, 6.07) is 0. The van der Waals surface area contributed by atoms with Gasteiger partial charge in [-0.2, -0.15) is 8.42 Å². The van der Waals surface area contributed by atoms with E-state index in [4.69, 9.17) is 20.2 Å². The average Bonchev–Trinajstić information content (AvgIpc) is 2.47. The highest BCUT2D eigenvalue weighted by Gasteiger charge is 2.36. The van der Waals surface area contributed by atoms with E-state index >= 15 is 0 Å². The van der Waals surface area contributed by atoms with Crippen LogP contribution in [0.1, 0.15) is 32.1 Å². The largest absolute Gasteiger partial charge is 0.481 e. The Morgan fingerprint density at radius 1 is 0.846 bits per heavy atom. The highest BCUT2D eigenvalue weighted by molar-refractivity contribution is 7.87. The maximum absolute atomic E-state index is 11.6. The first-order chi connectivity index (χ1) is 11.8. The lowest BCUT2D eigenvalue weighted by Crippen LogP contribution is -2.36. The van der Waals surface area contributed by atoms with Crippen molar-refractivity contribution in [2.24, 2.45) is 0 Å². The van der Waals surface area contributed by atoms with E-state index in [1.165, 1.54) is 0 Å². The van der Waals surface area contributed by atoms with Crippen LogP contribution < -0.4 is 0 Å². The van der Waals surface area contributed by atoms with Crippen LogP contribution in [0.4, 0.5) is 0 Å². The van der Waals surface area contributed by atoms with Crippen LogP contribution in [0, 0.1) is 5.41 Å². The standard InChI is InChI=1S/C12H15NO12S/c13-7(24-10(18)3-1-8(14)15)5-6(26(21,22)23)12(20)25-11(19)4-2-9(16)17/h6,13H,1-5H2,(H,14,15)(H,16,17)(H,21,22,23). The molecule has 0 rings (SSSR count). The van der Waals surface area contributed by atoms with Crippen LogP contribution in [0.2, 0.25) is 0 Å². The first-order valence-electron chi connectivity index (χ1n) is 6.75. The topological polar surface area (TPSA) is 222 Å². The minimum atomic E-state index is -5.17. The molecule has 0 aliphatic carbocycles. The number of ether oxygens (including phenoxy) is 2. The van der Waals surface area contributed by atoms with E-state index in [2.05, 4.69) is 9.47 Å². The van der Waals surface area contributed by atoms with E-state index in [0.717, 1.165) is 0 Å². The third-order valence-corrected chi connectivity index (χ3v) is 3.61. The number of esters is 3. The fourth-order valence-corrected chi connectivity index (χ4v) is 2.01. The number of hydrogen-bond donors (Lipinski definition) is 4. The van der Waals surface area contributed by atoms with Crippen molar-refractivity contribution in [1.29, 1.82) is 5.41 Å². The van der Waals surface area contributed by atoms with Crippen molar-refractivity contribution < 1.29 is 56.6 Å². The molecule has 0 fully saturated rings. The summed E-state index contributed by atoms with van der Waals surface area (Å²) in [6.07, 6.45) is -3.87. The van der Waals surface area contributed by atoms with Gasteiger partial charge in [0.25, 0.3) is 10.1 Å². The summed E-state index contributed by atoms with van der Waals surface area (Å²) in [5.41, 5.74) is 0. The van der Waals surface area contributed by atoms with Gasteiger partial charge in [0, 0.05) is 0 Å². The Hall–Kier alpha value is -2.87. The summed E-state index contributed by atoms with van der Waals surface area (Å²) in [6.45, 7) is 0. The molecule has 0 aromatic heterocycles. The molecule has 146 valence electrons. The molecule has 0 spiro atoms. The number of nitrogens with one attached hydrogen (secondary N) is 1. The third-order valence-electron chi connectivity index (χ3n) is 2.53. The van der Waals surface area contributed by atoms with Crippen molar-refractivity contribution in [3.63, 3.8) is 0 Å². The molecule has 0 heterocycles. The molecule has 26 heavy (non-hydrogen) atoms. The molecule has 1 unspecified atom stereocenters. The van der Waals surface area contributed by atoms with Crippen LogP contribution in [-0.2, 0) is 43.6 Å². The van der Waals surface area contributed by atoms with Gasteiger partial charge in [-0.1, -0.05) is 0 Å². The molecule has 0 radical (unpaired) electrons. The number of hydrogen-bond acceptors (Lipinski definition) is 10. The first kappa shape index (κ1) is 23.1. The predicted molar refractivity (Wildman–Crippen MR) is 78.6 cm³/mol. The Balaban J connectivity index is 4.85. The maximum atomic E-state index is 11.6. The summed E-state index contributed by atoms with van der Waals surface area (Å²) in [7, 11) is -5.17. The summed E-state index contributed by atoms with van der Waals surface area (Å²) in [5.74, 6) is -8.18. The Bertz CT molecular complexity index is 710. The Labute approximate surface area is 146 Å². The normalized spacial score (nSPS) is 11.9. The predicted octanol–water partition coefficient (Wildman–Crippen LogP) is -1.05. The monoisotopic (exact) mass is 397 g/mol. The van der Waals surface area contributed by atoms with Gasteiger partial charge in [-0.3, -0.25) is 33.9 Å². The van der Waals surface area contributed by atoms with Gasteiger partial charge in [0.05, 0.1) is 32.1 Å². The van der Waals surface area contributed by atoms with E-state index in [9.17, 15) is 32.4 Å². The van der Waals surface area contributed by atoms with E-state index in [1.54, 1.807) is 0 Å². The van der Waals surface area contributed by atoms with Crippen molar-refractivity contribution >= 4 is 45.9 Å². The Morgan fingerprint density at radius 3 is 1.65 bits per heavy atom. The number of carboxylic acids is 2. The summed E-state index contributed by atoms with van der Waals surface area (Å²) < 4.78 is 39.7. The van der Waals surface area contributed by atoms with Crippen molar-refractivity contribution in [3.8, 4) is 0 Å². The second-order valence-corrected chi connectivity index (χ2v) is 6.28. The molecule has 4 N–H and O–H groups in total. The molecule has 0 aliphatic heterocycles. The van der Waals surface area contributed by atoms with Crippen LogP contribution in [0.15, 0.2) is 0 Å². The lowest BCUT2D eigenvalue weighted by molar-refractivity contribution is -0.160. The molecule has 13 nitrogen and oxygen atoms in total. The zero-order chi connectivity index (χ0) is 20.5. The van der Waals surface area contributed by atoms with Gasteiger partial charge in [0.1, 0.15) is 0 Å². The summed E-state index contributed by atoms with van der Waals surface area (Å²) in [5, 5.41) is 21.6. The smallest absolute Gasteiger partial charge is 0.335 e. The number of carbonyl (C=O) groups is 5. The minimum Gasteiger partial charge on any atom is -0.481 e. The van der Waals surface area contributed by atoms with E-state index in [1.807, 2.05) is 0 Å². The van der Waals surface area contributed by atoms with Crippen molar-refractivity contribution in [2.45, 2.75) is 37.4 Å². The molecule has 14 heteroatoms. The number of rotatable bonds is 10. The van der Waals surface area contributed by atoms with E-state index in [-0.39, 0.29) is 0 Å². The average molecular weight is 397 g/mol. The molecule has 0 aromatic rings. The summed E-state index contributed by atoms with van der Waals surface area (Å²) in [4.78, 5) is 54.6. The van der Waals surface area contributed by atoms with Crippen LogP contribution >= 0.6 is 0 Å². The number of carboxylic acid groups (broad SMARTS) is 2. The highest BCUT2D eigenvalue weighted by Crippen LogP contribution is 2.10. The van der Waals surface area contributed by atoms with Crippen molar-refractivity contribution in [3.05, 3.63) is 0 Å². The molecule has 0 saturated carbocycles. The van der Waals surface area contributed by atoms with Gasteiger partial charge in [-0.25, -0.2) is 0 Å². The van der Waals surface area contributed by atoms with Crippen LogP contribution in [0.25, 0.3) is 0 Å². The molecule has 0 bridgehead atoms. The maximum Gasteiger partial charge on any atom is 0.335 e. The molecule has 0 saturated heterocycles. The van der Waals surface area contributed by atoms with E-state index < -0.39 is 83.2 Å². The Morgan fingerprint density at radius 2 is 1.27 bits per heavy atom. The minimum absolute atomic E-state index is 0.617. The Kier molecular flexibility index (Phi) is 9.07. The van der Waals surface area contributed by atoms with Gasteiger partial charge in [-0.05, 0) is 0 Å². The zero-order valence-corrected chi connectivity index (χ0v) is 13.9. The molecule has 0 amide bonds. The van der Waals surface area contributed by atoms with E-state index in [0.29, 0.717) is 0 Å². The van der Waals surface area contributed by atoms with Crippen LogP contribution in [-0.4, -0.2) is 64.2 Å². The third kappa shape index (κ3) is 10.1. The molecule has 1 atom stereocenters. The molecule has 0 aromatic carbocycles. The number of carbonyl (C=O) groups excluding carboxylic acids is 3. The van der Waals surface area contributed by atoms with Gasteiger partial charge in [0.15, 0.2) is 11.1 Å². The lowest BCUT2D eigenvalue weighted by Gasteiger charge is -2.13. The highest BCUT2D eigenvalue weighted by atomic mass is 32.2. The lowest BCUT2D eigenvalue weighted by atomic mass is 10.3. The second-order valence-electron chi connectivity index (χ2n) is 4.69. The van der Waals surface area contributed by atoms with Crippen LogP contribution in [0.3, 0.4) is 0 Å². The van der Waals surface area contributed by atoms with Gasteiger partial charge >= 0.3 is 29.8 Å². The van der Waals surface area contributed by atoms with Crippen molar-refractivity contribution in [1.82, 2.24) is 0 Å². The van der Waals surface area contributed by atoms with Crippen molar-refractivity contribution in [2.75, 3.05) is 0 Å². The first-order valence-corrected chi connectivity index (χ1v) is 8.25. The zero-order valence-electron chi connectivity index (χ0n) is 13.0. The molecular weight excluding hydrogens is 382 g/mol. The van der Waals surface area contributed by atoms with Crippen LogP contribution in [0.5, 0.6) is 0 Å². The second kappa shape index (κ2) is 10.2. The summed E-state index contributed by atoms with van der Waals surface area (Å²) >= 11 is 0. The quantitative estimate of drug-likeness (QED) is 0.114. The number of aliphatic carboxylic acids is 2. The molecule has 0 aliphatic rings.